The van der Waals surface area contributed by atoms with Gasteiger partial charge in [0.2, 0.25) is 0 Å². The molecule has 1 aromatic rings. The summed E-state index contributed by atoms with van der Waals surface area (Å²) in [6.45, 7) is 0.707. The van der Waals surface area contributed by atoms with Crippen LogP contribution in [-0.2, 0) is 6.54 Å². The fourth-order valence-corrected chi connectivity index (χ4v) is 0.945. The average molecular weight is 190 g/mol. The third-order valence-electron chi connectivity index (χ3n) is 1.30. The van der Waals surface area contributed by atoms with Crippen LogP contribution in [0.15, 0.2) is 30.3 Å². The molecule has 11 heavy (non-hydrogen) atoms. The molecule has 0 radical (unpaired) electrons. The Balaban J connectivity index is 2.39. The van der Waals surface area contributed by atoms with Crippen molar-refractivity contribution in [3.8, 4) is 0 Å². The Morgan fingerprint density at radius 2 is 1.82 bits per heavy atom. The van der Waals surface area contributed by atoms with Crippen molar-refractivity contribution < 1.29 is 0 Å². The van der Waals surface area contributed by atoms with Crippen molar-refractivity contribution in [1.29, 1.82) is 0 Å². The molecular formula is C8H9Cl2N. The summed E-state index contributed by atoms with van der Waals surface area (Å²) in [5, 5.41) is 2.89. The number of nitrogens with one attached hydrogen (secondary N) is 1. The Morgan fingerprint density at radius 3 is 2.36 bits per heavy atom. The summed E-state index contributed by atoms with van der Waals surface area (Å²) < 4.78 is 0. The van der Waals surface area contributed by atoms with E-state index in [0.717, 1.165) is 0 Å². The molecule has 1 nitrogen and oxygen atoms in total. The van der Waals surface area contributed by atoms with Crippen LogP contribution in [0, 0.1) is 0 Å². The zero-order valence-electron chi connectivity index (χ0n) is 5.93. The number of alkyl halides is 2. The molecule has 1 rings (SSSR count). The van der Waals surface area contributed by atoms with Crippen LogP contribution in [0.3, 0.4) is 0 Å². The molecule has 0 aromatic heterocycles. The zero-order valence-corrected chi connectivity index (χ0v) is 7.44. The van der Waals surface area contributed by atoms with Crippen molar-refractivity contribution >= 4 is 23.2 Å². The largest absolute Gasteiger partial charge is 0.285 e. The smallest absolute Gasteiger partial charge is 0.158 e. The molecule has 0 bridgehead atoms. The molecule has 0 aliphatic heterocycles. The molecule has 0 saturated carbocycles. The van der Waals surface area contributed by atoms with Gasteiger partial charge in [-0.05, 0) is 5.56 Å². The molecule has 3 heteroatoms. The van der Waals surface area contributed by atoms with Crippen LogP contribution in [0.25, 0.3) is 0 Å². The fraction of sp³-hybridized carbons (Fsp3) is 0.250. The molecule has 1 N–H and O–H groups in total. The summed E-state index contributed by atoms with van der Waals surface area (Å²) >= 11 is 11.0. The molecule has 0 heterocycles. The number of rotatable bonds is 3. The van der Waals surface area contributed by atoms with Gasteiger partial charge in [0, 0.05) is 6.54 Å². The Labute approximate surface area is 76.3 Å². The molecule has 0 aliphatic rings. The molecule has 0 spiro atoms. The van der Waals surface area contributed by atoms with Gasteiger partial charge in [-0.3, -0.25) is 5.32 Å². The van der Waals surface area contributed by atoms with Crippen molar-refractivity contribution in [2.24, 2.45) is 0 Å². The van der Waals surface area contributed by atoms with E-state index in [2.05, 4.69) is 5.32 Å². The standard InChI is InChI=1S/C8H9Cl2N/c9-8(10)11-6-7-4-2-1-3-5-7/h1-5,8,11H,6H2. The maximum Gasteiger partial charge on any atom is 0.158 e. The second-order valence-corrected chi connectivity index (χ2v) is 3.26. The van der Waals surface area contributed by atoms with Gasteiger partial charge in [-0.25, -0.2) is 0 Å². The minimum atomic E-state index is -0.491. The van der Waals surface area contributed by atoms with E-state index >= 15 is 0 Å². The summed E-state index contributed by atoms with van der Waals surface area (Å²) in [6.07, 6.45) is 0. The van der Waals surface area contributed by atoms with Crippen LogP contribution in [-0.4, -0.2) is 4.96 Å². The first-order valence-electron chi connectivity index (χ1n) is 3.34. The first kappa shape index (κ1) is 8.85. The minimum Gasteiger partial charge on any atom is -0.285 e. The predicted octanol–water partition coefficient (Wildman–Crippen LogP) is 2.54. The number of benzene rings is 1. The Morgan fingerprint density at radius 1 is 1.18 bits per heavy atom. The van der Waals surface area contributed by atoms with Crippen molar-refractivity contribution in [3.63, 3.8) is 0 Å². The van der Waals surface area contributed by atoms with E-state index in [-0.39, 0.29) is 0 Å². The van der Waals surface area contributed by atoms with Crippen LogP contribution in [0.1, 0.15) is 5.56 Å². The van der Waals surface area contributed by atoms with Crippen LogP contribution < -0.4 is 5.32 Å². The highest BCUT2D eigenvalue weighted by Crippen LogP contribution is 2.01. The van der Waals surface area contributed by atoms with Gasteiger partial charge in [-0.2, -0.15) is 0 Å². The number of hydrogen-bond acceptors (Lipinski definition) is 1. The monoisotopic (exact) mass is 189 g/mol. The van der Waals surface area contributed by atoms with E-state index in [0.29, 0.717) is 6.54 Å². The molecule has 0 unspecified atom stereocenters. The lowest BCUT2D eigenvalue weighted by Gasteiger charge is -2.03. The lowest BCUT2D eigenvalue weighted by atomic mass is 10.2. The average Bonchev–Trinajstić information content (AvgIpc) is 2.03. The van der Waals surface area contributed by atoms with Crippen molar-refractivity contribution in [2.45, 2.75) is 11.5 Å². The molecule has 0 fully saturated rings. The van der Waals surface area contributed by atoms with E-state index in [9.17, 15) is 0 Å². The number of halogens is 2. The molecule has 60 valence electrons. The predicted molar refractivity (Wildman–Crippen MR) is 48.8 cm³/mol. The maximum atomic E-state index is 5.48. The van der Waals surface area contributed by atoms with E-state index < -0.39 is 4.96 Å². The van der Waals surface area contributed by atoms with Crippen LogP contribution >= 0.6 is 23.2 Å². The first-order valence-corrected chi connectivity index (χ1v) is 4.22. The van der Waals surface area contributed by atoms with Crippen LogP contribution in [0.2, 0.25) is 0 Å². The molecule has 0 aliphatic carbocycles. The van der Waals surface area contributed by atoms with Gasteiger partial charge in [-0.15, -0.1) is 0 Å². The van der Waals surface area contributed by atoms with Crippen molar-refractivity contribution in [1.82, 2.24) is 5.32 Å². The quantitative estimate of drug-likeness (QED) is 0.570. The van der Waals surface area contributed by atoms with Gasteiger partial charge < -0.3 is 0 Å². The fourth-order valence-electron chi connectivity index (χ4n) is 0.791. The van der Waals surface area contributed by atoms with Crippen molar-refractivity contribution in [3.05, 3.63) is 35.9 Å². The van der Waals surface area contributed by atoms with Gasteiger partial charge in [0.25, 0.3) is 0 Å². The second-order valence-electron chi connectivity index (χ2n) is 2.17. The molecule has 0 saturated heterocycles. The topological polar surface area (TPSA) is 12.0 Å². The Hall–Kier alpha value is -0.240. The van der Waals surface area contributed by atoms with Gasteiger partial charge in [0.1, 0.15) is 0 Å². The summed E-state index contributed by atoms with van der Waals surface area (Å²) in [5.74, 6) is 0. The van der Waals surface area contributed by atoms with Gasteiger partial charge in [0.15, 0.2) is 4.96 Å². The molecular weight excluding hydrogens is 181 g/mol. The zero-order chi connectivity index (χ0) is 8.10. The van der Waals surface area contributed by atoms with E-state index in [4.69, 9.17) is 23.2 Å². The first-order chi connectivity index (χ1) is 5.29. The van der Waals surface area contributed by atoms with E-state index in [1.54, 1.807) is 0 Å². The summed E-state index contributed by atoms with van der Waals surface area (Å²) in [7, 11) is 0. The SMILES string of the molecule is ClC(Cl)NCc1ccccc1. The molecule has 0 amide bonds. The maximum absolute atomic E-state index is 5.48. The van der Waals surface area contributed by atoms with Gasteiger partial charge >= 0.3 is 0 Å². The van der Waals surface area contributed by atoms with Crippen LogP contribution in [0.4, 0.5) is 0 Å². The highest BCUT2D eigenvalue weighted by molar-refractivity contribution is 6.43. The number of hydrogen-bond donors (Lipinski definition) is 1. The minimum absolute atomic E-state index is 0.491. The highest BCUT2D eigenvalue weighted by Gasteiger charge is 1.95. The van der Waals surface area contributed by atoms with E-state index in [1.807, 2.05) is 30.3 Å². The summed E-state index contributed by atoms with van der Waals surface area (Å²) in [5.41, 5.74) is 1.18. The lowest BCUT2D eigenvalue weighted by molar-refractivity contribution is 0.756. The summed E-state index contributed by atoms with van der Waals surface area (Å²) in [4.78, 5) is -0.491. The molecule has 0 atom stereocenters. The summed E-state index contributed by atoms with van der Waals surface area (Å²) in [6, 6.07) is 9.97. The Kier molecular flexibility index (Phi) is 3.70. The van der Waals surface area contributed by atoms with Crippen LogP contribution in [0.5, 0.6) is 0 Å². The van der Waals surface area contributed by atoms with Gasteiger partial charge in [-0.1, -0.05) is 53.5 Å². The van der Waals surface area contributed by atoms with Crippen molar-refractivity contribution in [2.75, 3.05) is 0 Å². The third-order valence-corrected chi connectivity index (χ3v) is 1.61. The normalized spacial score (nSPS) is 10.5. The van der Waals surface area contributed by atoms with Gasteiger partial charge in [0.05, 0.1) is 0 Å². The lowest BCUT2D eigenvalue weighted by Crippen LogP contribution is -2.17. The second kappa shape index (κ2) is 4.60. The third kappa shape index (κ3) is 3.61. The Bertz CT molecular complexity index is 199. The van der Waals surface area contributed by atoms with E-state index in [1.165, 1.54) is 5.56 Å². The highest BCUT2D eigenvalue weighted by atomic mass is 35.5. The molecule has 1 aromatic carbocycles.